The maximum atomic E-state index is 11.7. The van der Waals surface area contributed by atoms with E-state index in [1.807, 2.05) is 6.92 Å². The molecule has 1 fully saturated rings. The van der Waals surface area contributed by atoms with Crippen LogP contribution in [0, 0.1) is 10.1 Å². The monoisotopic (exact) mass is 269 g/mol. The van der Waals surface area contributed by atoms with E-state index < -0.39 is 0 Å². The molecule has 18 heavy (non-hydrogen) atoms. The normalized spacial score (nSPS) is 20.7. The van der Waals surface area contributed by atoms with Crippen LogP contribution in [-0.4, -0.2) is 34.9 Å². The van der Waals surface area contributed by atoms with E-state index in [2.05, 4.69) is 10.2 Å². The van der Waals surface area contributed by atoms with Crippen LogP contribution in [0.4, 0.5) is 5.00 Å². The highest BCUT2D eigenvalue weighted by atomic mass is 32.1. The Kier molecular flexibility index (Phi) is 3.93. The quantitative estimate of drug-likeness (QED) is 0.661. The van der Waals surface area contributed by atoms with Crippen molar-refractivity contribution in [2.45, 2.75) is 25.9 Å². The molecule has 1 aliphatic rings. The number of carbonyl (C=O) groups excluding carboxylic acids is 1. The first-order valence-corrected chi connectivity index (χ1v) is 6.73. The van der Waals surface area contributed by atoms with Gasteiger partial charge in [-0.15, -0.1) is 0 Å². The Bertz CT molecular complexity index is 460. The minimum atomic E-state index is -0.381. The second-order valence-corrected chi connectivity index (χ2v) is 5.13. The van der Waals surface area contributed by atoms with Gasteiger partial charge in [0.25, 0.3) is 0 Å². The van der Waals surface area contributed by atoms with Gasteiger partial charge >= 0.3 is 5.00 Å². The van der Waals surface area contributed by atoms with Crippen molar-refractivity contribution in [1.82, 2.24) is 10.2 Å². The third-order valence-electron chi connectivity index (χ3n) is 3.03. The summed E-state index contributed by atoms with van der Waals surface area (Å²) in [4.78, 5) is 24.0. The fourth-order valence-corrected chi connectivity index (χ4v) is 2.89. The maximum absolute atomic E-state index is 11.7. The molecule has 1 saturated heterocycles. The van der Waals surface area contributed by atoms with Crippen molar-refractivity contribution in [2.24, 2.45) is 0 Å². The molecule has 1 atom stereocenters. The number of thiophene rings is 1. The summed E-state index contributed by atoms with van der Waals surface area (Å²) in [6.07, 6.45) is 0.748. The summed E-state index contributed by atoms with van der Waals surface area (Å²) >= 11 is 1.13. The average Bonchev–Trinajstić information content (AvgIpc) is 2.78. The van der Waals surface area contributed by atoms with Crippen LogP contribution in [0.1, 0.15) is 18.9 Å². The van der Waals surface area contributed by atoms with Crippen LogP contribution in [-0.2, 0) is 11.3 Å². The molecule has 7 heteroatoms. The van der Waals surface area contributed by atoms with Crippen LogP contribution in [0.3, 0.4) is 0 Å². The number of hydrogen-bond donors (Lipinski definition) is 1. The van der Waals surface area contributed by atoms with Crippen LogP contribution in [0.25, 0.3) is 0 Å². The van der Waals surface area contributed by atoms with Crippen molar-refractivity contribution < 1.29 is 9.72 Å². The molecule has 0 bridgehead atoms. The predicted octanol–water partition coefficient (Wildman–Crippen LogP) is 1.37. The minimum absolute atomic E-state index is 0.0495. The molecule has 0 aliphatic carbocycles. The van der Waals surface area contributed by atoms with Crippen LogP contribution in [0.15, 0.2) is 11.4 Å². The molecule has 1 amide bonds. The van der Waals surface area contributed by atoms with Gasteiger partial charge in [-0.1, -0.05) is 18.3 Å². The van der Waals surface area contributed by atoms with Crippen LogP contribution >= 0.6 is 11.3 Å². The Morgan fingerprint density at radius 1 is 1.67 bits per heavy atom. The Hall–Kier alpha value is -1.47. The molecule has 0 spiro atoms. The molecule has 0 radical (unpaired) electrons. The van der Waals surface area contributed by atoms with Gasteiger partial charge in [0.1, 0.15) is 0 Å². The molecule has 0 saturated carbocycles. The topological polar surface area (TPSA) is 75.5 Å². The van der Waals surface area contributed by atoms with Crippen molar-refractivity contribution in [3.8, 4) is 0 Å². The highest BCUT2D eigenvalue weighted by Crippen LogP contribution is 2.24. The van der Waals surface area contributed by atoms with E-state index in [1.165, 1.54) is 0 Å². The van der Waals surface area contributed by atoms with Gasteiger partial charge in [0.15, 0.2) is 0 Å². The Balaban J connectivity index is 2.06. The van der Waals surface area contributed by atoms with Crippen molar-refractivity contribution in [1.29, 1.82) is 0 Å². The second kappa shape index (κ2) is 5.45. The molecule has 1 aliphatic heterocycles. The van der Waals surface area contributed by atoms with Crippen molar-refractivity contribution in [2.75, 3.05) is 13.1 Å². The zero-order valence-corrected chi connectivity index (χ0v) is 10.9. The fourth-order valence-electron chi connectivity index (χ4n) is 2.17. The van der Waals surface area contributed by atoms with Crippen LogP contribution < -0.4 is 5.32 Å². The summed E-state index contributed by atoms with van der Waals surface area (Å²) in [5.41, 5.74) is 0.903. The summed E-state index contributed by atoms with van der Waals surface area (Å²) in [7, 11) is 0. The highest BCUT2D eigenvalue weighted by Gasteiger charge is 2.28. The van der Waals surface area contributed by atoms with Crippen LogP contribution in [0.2, 0.25) is 0 Å². The third kappa shape index (κ3) is 2.68. The lowest BCUT2D eigenvalue weighted by Crippen LogP contribution is -2.54. The van der Waals surface area contributed by atoms with E-state index in [4.69, 9.17) is 0 Å². The van der Waals surface area contributed by atoms with Gasteiger partial charge in [-0.25, -0.2) is 0 Å². The van der Waals surface area contributed by atoms with Crippen molar-refractivity contribution in [3.63, 3.8) is 0 Å². The fraction of sp³-hybridized carbons (Fsp3) is 0.545. The van der Waals surface area contributed by atoms with Gasteiger partial charge in [-0.2, -0.15) is 0 Å². The number of hydrogen-bond acceptors (Lipinski definition) is 5. The van der Waals surface area contributed by atoms with E-state index in [9.17, 15) is 14.9 Å². The summed E-state index contributed by atoms with van der Waals surface area (Å²) in [5.74, 6) is 0.0495. The SMILES string of the molecule is CCC1C(=O)NCCN1Cc1csc([N+](=O)[O-])c1. The Morgan fingerprint density at radius 2 is 2.44 bits per heavy atom. The molecule has 2 rings (SSSR count). The predicted molar refractivity (Wildman–Crippen MR) is 68.5 cm³/mol. The largest absolute Gasteiger partial charge is 0.353 e. The van der Waals surface area contributed by atoms with Gasteiger partial charge in [-0.05, 0) is 12.0 Å². The van der Waals surface area contributed by atoms with E-state index >= 15 is 0 Å². The molecule has 98 valence electrons. The minimum Gasteiger partial charge on any atom is -0.353 e. The zero-order valence-electron chi connectivity index (χ0n) is 10.1. The van der Waals surface area contributed by atoms with Gasteiger partial charge in [-0.3, -0.25) is 19.8 Å². The molecule has 1 N–H and O–H groups in total. The molecule has 1 aromatic heterocycles. The number of carbonyl (C=O) groups is 1. The van der Waals surface area contributed by atoms with E-state index in [1.54, 1.807) is 11.4 Å². The van der Waals surface area contributed by atoms with Gasteiger partial charge in [0, 0.05) is 31.1 Å². The van der Waals surface area contributed by atoms with Crippen molar-refractivity contribution >= 4 is 22.2 Å². The zero-order chi connectivity index (χ0) is 13.1. The number of amides is 1. The molecular weight excluding hydrogens is 254 g/mol. The molecule has 1 unspecified atom stereocenters. The van der Waals surface area contributed by atoms with Crippen LogP contribution in [0.5, 0.6) is 0 Å². The first kappa shape index (κ1) is 13.0. The number of nitrogens with one attached hydrogen (secondary N) is 1. The average molecular weight is 269 g/mol. The Labute approximate surface area is 109 Å². The summed E-state index contributed by atoms with van der Waals surface area (Å²) < 4.78 is 0. The molecule has 6 nitrogen and oxygen atoms in total. The molecule has 0 aromatic carbocycles. The third-order valence-corrected chi connectivity index (χ3v) is 3.96. The lowest BCUT2D eigenvalue weighted by atomic mass is 10.1. The lowest BCUT2D eigenvalue weighted by molar-refractivity contribution is -0.380. The Morgan fingerprint density at radius 3 is 3.06 bits per heavy atom. The second-order valence-electron chi connectivity index (χ2n) is 4.24. The maximum Gasteiger partial charge on any atom is 0.324 e. The molecule has 2 heterocycles. The summed E-state index contributed by atoms with van der Waals surface area (Å²) in [6.45, 7) is 3.99. The van der Waals surface area contributed by atoms with Gasteiger partial charge in [0.2, 0.25) is 5.91 Å². The van der Waals surface area contributed by atoms with E-state index in [0.717, 1.165) is 29.9 Å². The first-order chi connectivity index (χ1) is 8.61. The van der Waals surface area contributed by atoms with Gasteiger partial charge in [0.05, 0.1) is 11.0 Å². The molecular formula is C11H15N3O3S. The standard InChI is InChI=1S/C11H15N3O3S/c1-2-9-11(15)12-3-4-13(9)6-8-5-10(14(16)17)18-7-8/h5,7,9H,2-4,6H2,1H3,(H,12,15). The summed E-state index contributed by atoms with van der Waals surface area (Å²) in [6, 6.07) is 1.46. The number of rotatable bonds is 4. The smallest absolute Gasteiger partial charge is 0.324 e. The highest BCUT2D eigenvalue weighted by molar-refractivity contribution is 7.13. The number of nitrogens with zero attached hydrogens (tertiary/aromatic N) is 2. The van der Waals surface area contributed by atoms with Gasteiger partial charge < -0.3 is 5.32 Å². The summed E-state index contributed by atoms with van der Waals surface area (Å²) in [5, 5.41) is 15.4. The first-order valence-electron chi connectivity index (χ1n) is 5.85. The van der Waals surface area contributed by atoms with E-state index in [-0.39, 0.29) is 21.9 Å². The van der Waals surface area contributed by atoms with Crippen molar-refractivity contribution in [3.05, 3.63) is 27.1 Å². The lowest BCUT2D eigenvalue weighted by Gasteiger charge is -2.34. The number of piperazine rings is 1. The van der Waals surface area contributed by atoms with E-state index in [0.29, 0.717) is 13.1 Å². The molecule has 1 aromatic rings. The number of nitro groups is 1.